The zero-order chi connectivity index (χ0) is 14.4. The summed E-state index contributed by atoms with van der Waals surface area (Å²) in [5.41, 5.74) is 0. The highest BCUT2D eigenvalue weighted by Gasteiger charge is 2.08. The van der Waals surface area contributed by atoms with Crippen molar-refractivity contribution in [2.75, 3.05) is 13.1 Å². The molecule has 5 nitrogen and oxygen atoms in total. The smallest absolute Gasteiger partial charge is 0.209 e. The maximum Gasteiger partial charge on any atom is 0.209 e. The SMILES string of the molecule is CC(C)CNCCn1nnnc1SCc1ccc(Br)s1. The Balaban J connectivity index is 1.79. The molecule has 0 spiro atoms. The average Bonchev–Trinajstić information content (AvgIpc) is 3.01. The molecule has 1 N–H and O–H groups in total. The molecular weight excluding hydrogens is 358 g/mol. The Morgan fingerprint density at radius 1 is 1.45 bits per heavy atom. The fourth-order valence-electron chi connectivity index (χ4n) is 1.58. The Morgan fingerprint density at radius 2 is 2.30 bits per heavy atom. The second-order valence-electron chi connectivity index (χ2n) is 4.78. The van der Waals surface area contributed by atoms with Crippen LogP contribution < -0.4 is 5.32 Å². The zero-order valence-corrected chi connectivity index (χ0v) is 14.8. The van der Waals surface area contributed by atoms with Gasteiger partial charge in [0.15, 0.2) is 0 Å². The molecule has 0 aliphatic rings. The van der Waals surface area contributed by atoms with Gasteiger partial charge in [-0.3, -0.25) is 0 Å². The van der Waals surface area contributed by atoms with Gasteiger partial charge in [0.05, 0.1) is 10.3 Å². The lowest BCUT2D eigenvalue weighted by Crippen LogP contribution is -2.24. The van der Waals surface area contributed by atoms with E-state index < -0.39 is 0 Å². The highest BCUT2D eigenvalue weighted by atomic mass is 79.9. The van der Waals surface area contributed by atoms with Crippen molar-refractivity contribution in [3.63, 3.8) is 0 Å². The standard InChI is InChI=1S/C12H18BrN5S2/c1-9(2)7-14-5-6-18-12(15-16-17-18)19-8-10-3-4-11(13)20-10/h3-4,9,14H,5-8H2,1-2H3. The summed E-state index contributed by atoms with van der Waals surface area (Å²) in [5.74, 6) is 1.56. The molecule has 2 aromatic rings. The Kier molecular flexibility index (Phi) is 6.47. The molecule has 0 radical (unpaired) electrons. The average molecular weight is 376 g/mol. The van der Waals surface area contributed by atoms with E-state index in [9.17, 15) is 0 Å². The monoisotopic (exact) mass is 375 g/mol. The molecule has 0 saturated heterocycles. The van der Waals surface area contributed by atoms with Crippen LogP contribution in [0.25, 0.3) is 0 Å². The number of nitrogens with zero attached hydrogens (tertiary/aromatic N) is 4. The van der Waals surface area contributed by atoms with Crippen molar-refractivity contribution in [2.45, 2.75) is 31.3 Å². The molecule has 2 rings (SSSR count). The topological polar surface area (TPSA) is 55.6 Å². The van der Waals surface area contributed by atoms with E-state index in [1.54, 1.807) is 23.1 Å². The van der Waals surface area contributed by atoms with Gasteiger partial charge < -0.3 is 5.32 Å². The molecule has 2 heterocycles. The van der Waals surface area contributed by atoms with E-state index in [-0.39, 0.29) is 0 Å². The molecule has 0 amide bonds. The predicted molar refractivity (Wildman–Crippen MR) is 87.1 cm³/mol. The number of hydrogen-bond acceptors (Lipinski definition) is 6. The number of tetrazole rings is 1. The highest BCUT2D eigenvalue weighted by Crippen LogP contribution is 2.27. The van der Waals surface area contributed by atoms with Gasteiger partial charge in [-0.2, -0.15) is 0 Å². The summed E-state index contributed by atoms with van der Waals surface area (Å²) in [7, 11) is 0. The van der Waals surface area contributed by atoms with Gasteiger partial charge in [0.25, 0.3) is 0 Å². The van der Waals surface area contributed by atoms with Crippen molar-refractivity contribution in [3.05, 3.63) is 20.8 Å². The molecule has 0 aliphatic carbocycles. The Labute approximate surface area is 135 Å². The van der Waals surface area contributed by atoms with Gasteiger partial charge in [0.2, 0.25) is 5.16 Å². The maximum atomic E-state index is 4.08. The van der Waals surface area contributed by atoms with E-state index in [1.807, 2.05) is 4.68 Å². The van der Waals surface area contributed by atoms with E-state index in [4.69, 9.17) is 0 Å². The van der Waals surface area contributed by atoms with Crippen molar-refractivity contribution >= 4 is 39.0 Å². The molecule has 0 aromatic carbocycles. The lowest BCUT2D eigenvalue weighted by molar-refractivity contribution is 0.482. The Hall–Kier alpha value is -0.440. The lowest BCUT2D eigenvalue weighted by Gasteiger charge is -2.07. The molecule has 20 heavy (non-hydrogen) atoms. The molecule has 0 bridgehead atoms. The van der Waals surface area contributed by atoms with E-state index >= 15 is 0 Å². The van der Waals surface area contributed by atoms with Gasteiger partial charge in [0, 0.05) is 17.2 Å². The second kappa shape index (κ2) is 8.11. The lowest BCUT2D eigenvalue weighted by atomic mass is 10.2. The van der Waals surface area contributed by atoms with Crippen molar-refractivity contribution in [1.29, 1.82) is 0 Å². The summed E-state index contributed by atoms with van der Waals surface area (Å²) in [6.07, 6.45) is 0. The Morgan fingerprint density at radius 3 is 3.00 bits per heavy atom. The van der Waals surface area contributed by atoms with Crippen LogP contribution in [0.15, 0.2) is 21.1 Å². The van der Waals surface area contributed by atoms with Crippen LogP contribution >= 0.6 is 39.0 Å². The summed E-state index contributed by atoms with van der Waals surface area (Å²) in [4.78, 5) is 1.31. The number of nitrogens with one attached hydrogen (secondary N) is 1. The summed E-state index contributed by atoms with van der Waals surface area (Å²) in [5, 5.41) is 16.2. The second-order valence-corrected chi connectivity index (χ2v) is 8.27. The largest absolute Gasteiger partial charge is 0.315 e. The van der Waals surface area contributed by atoms with Gasteiger partial charge in [0.1, 0.15) is 0 Å². The van der Waals surface area contributed by atoms with Crippen LogP contribution in [0.2, 0.25) is 0 Å². The number of aromatic nitrogens is 4. The van der Waals surface area contributed by atoms with Crippen LogP contribution in [0, 0.1) is 5.92 Å². The molecular formula is C12H18BrN5S2. The number of thiophene rings is 1. The number of thioether (sulfide) groups is 1. The van der Waals surface area contributed by atoms with E-state index in [0.29, 0.717) is 5.92 Å². The molecule has 0 saturated carbocycles. The van der Waals surface area contributed by atoms with Gasteiger partial charge >= 0.3 is 0 Å². The minimum atomic E-state index is 0.662. The normalized spacial score (nSPS) is 11.4. The third-order valence-electron chi connectivity index (χ3n) is 2.52. The summed E-state index contributed by atoms with van der Waals surface area (Å²) in [6.45, 7) is 7.11. The van der Waals surface area contributed by atoms with Crippen LogP contribution in [0.3, 0.4) is 0 Å². The fraction of sp³-hybridized carbons (Fsp3) is 0.583. The molecule has 8 heteroatoms. The molecule has 0 atom stereocenters. The third-order valence-corrected chi connectivity index (χ3v) is 5.34. The fourth-order valence-corrected chi connectivity index (χ4v) is 4.01. The number of hydrogen-bond donors (Lipinski definition) is 1. The van der Waals surface area contributed by atoms with Crippen LogP contribution in [-0.4, -0.2) is 33.3 Å². The highest BCUT2D eigenvalue weighted by molar-refractivity contribution is 9.11. The minimum absolute atomic E-state index is 0.662. The first-order chi connectivity index (χ1) is 9.65. The third kappa shape index (κ3) is 5.16. The van der Waals surface area contributed by atoms with Crippen molar-refractivity contribution in [3.8, 4) is 0 Å². The van der Waals surface area contributed by atoms with E-state index in [1.165, 1.54) is 4.88 Å². The van der Waals surface area contributed by atoms with Crippen LogP contribution in [0.4, 0.5) is 0 Å². The van der Waals surface area contributed by atoms with Crippen molar-refractivity contribution in [2.24, 2.45) is 5.92 Å². The molecule has 2 aromatic heterocycles. The van der Waals surface area contributed by atoms with Crippen LogP contribution in [-0.2, 0) is 12.3 Å². The molecule has 0 aliphatic heterocycles. The zero-order valence-electron chi connectivity index (χ0n) is 11.5. The van der Waals surface area contributed by atoms with Gasteiger partial charge in [-0.1, -0.05) is 25.6 Å². The summed E-state index contributed by atoms with van der Waals surface area (Å²) >= 11 is 6.89. The first-order valence-electron chi connectivity index (χ1n) is 6.49. The van der Waals surface area contributed by atoms with Crippen molar-refractivity contribution < 1.29 is 0 Å². The first-order valence-corrected chi connectivity index (χ1v) is 9.08. The van der Waals surface area contributed by atoms with Gasteiger partial charge in [-0.15, -0.1) is 16.4 Å². The van der Waals surface area contributed by atoms with Crippen LogP contribution in [0.5, 0.6) is 0 Å². The van der Waals surface area contributed by atoms with Gasteiger partial charge in [-0.05, 0) is 51.0 Å². The summed E-state index contributed by atoms with van der Waals surface area (Å²) < 4.78 is 3.02. The summed E-state index contributed by atoms with van der Waals surface area (Å²) in [6, 6.07) is 4.19. The maximum absolute atomic E-state index is 4.08. The first kappa shape index (κ1) is 15.9. The minimum Gasteiger partial charge on any atom is -0.315 e. The predicted octanol–water partition coefficient (Wildman–Crippen LogP) is 3.04. The van der Waals surface area contributed by atoms with Gasteiger partial charge in [-0.25, -0.2) is 4.68 Å². The molecule has 0 fully saturated rings. The number of rotatable bonds is 8. The van der Waals surface area contributed by atoms with E-state index in [2.05, 4.69) is 62.8 Å². The molecule has 0 unspecified atom stereocenters. The quantitative estimate of drug-likeness (QED) is 0.567. The Bertz CT molecular complexity index is 525. The van der Waals surface area contributed by atoms with E-state index in [0.717, 1.165) is 34.3 Å². The molecule has 110 valence electrons. The van der Waals surface area contributed by atoms with Crippen LogP contribution in [0.1, 0.15) is 18.7 Å². The van der Waals surface area contributed by atoms with Crippen molar-refractivity contribution in [1.82, 2.24) is 25.5 Å². The number of halogens is 1.